The van der Waals surface area contributed by atoms with Crippen molar-refractivity contribution in [1.82, 2.24) is 4.98 Å². The maximum atomic E-state index is 13.1. The quantitative estimate of drug-likeness (QED) is 0.734. The van der Waals surface area contributed by atoms with Gasteiger partial charge in [0.15, 0.2) is 0 Å². The first-order valence-corrected chi connectivity index (χ1v) is 8.17. The number of carbonyl (C=O) groups excluding carboxylic acids is 1. The molecule has 6 heteroatoms. The molecule has 3 aromatic rings. The summed E-state index contributed by atoms with van der Waals surface area (Å²) in [4.78, 5) is 27.0. The van der Waals surface area contributed by atoms with E-state index in [0.717, 1.165) is 16.5 Å². The SMILES string of the molecule is Cc1ccc2[nH]c(=O)c(CCC(=O)Nc3ccc(F)c(Cl)c3)cc2c1. The molecule has 3 rings (SSSR count). The maximum absolute atomic E-state index is 13.1. The van der Waals surface area contributed by atoms with Crippen LogP contribution in [0.15, 0.2) is 47.3 Å². The Kier molecular flexibility index (Phi) is 4.86. The summed E-state index contributed by atoms with van der Waals surface area (Å²) in [7, 11) is 0. The molecule has 1 amide bonds. The van der Waals surface area contributed by atoms with Crippen LogP contribution in [0, 0.1) is 12.7 Å². The minimum Gasteiger partial charge on any atom is -0.326 e. The monoisotopic (exact) mass is 358 g/mol. The number of pyridine rings is 1. The normalized spacial score (nSPS) is 10.8. The first-order chi connectivity index (χ1) is 11.9. The zero-order chi connectivity index (χ0) is 18.0. The van der Waals surface area contributed by atoms with E-state index < -0.39 is 5.82 Å². The van der Waals surface area contributed by atoms with Crippen LogP contribution in [0.5, 0.6) is 0 Å². The molecular formula is C19H16ClFN2O2. The Labute approximate surface area is 148 Å². The molecule has 0 bridgehead atoms. The molecule has 128 valence electrons. The van der Waals surface area contributed by atoms with Crippen LogP contribution in [0.4, 0.5) is 10.1 Å². The molecule has 0 atom stereocenters. The van der Waals surface area contributed by atoms with Gasteiger partial charge < -0.3 is 10.3 Å². The van der Waals surface area contributed by atoms with Crippen molar-refractivity contribution in [2.75, 3.05) is 5.32 Å². The minimum absolute atomic E-state index is 0.0563. The van der Waals surface area contributed by atoms with Crippen LogP contribution in [0.25, 0.3) is 10.9 Å². The highest BCUT2D eigenvalue weighted by atomic mass is 35.5. The second-order valence-corrected chi connectivity index (χ2v) is 6.30. The van der Waals surface area contributed by atoms with E-state index in [-0.39, 0.29) is 22.9 Å². The van der Waals surface area contributed by atoms with E-state index in [2.05, 4.69) is 10.3 Å². The lowest BCUT2D eigenvalue weighted by atomic mass is 10.1. The summed E-state index contributed by atoms with van der Waals surface area (Å²) >= 11 is 5.69. The number of hydrogen-bond donors (Lipinski definition) is 2. The summed E-state index contributed by atoms with van der Waals surface area (Å²) < 4.78 is 13.1. The van der Waals surface area contributed by atoms with E-state index in [1.807, 2.05) is 31.2 Å². The average Bonchev–Trinajstić information content (AvgIpc) is 2.56. The Morgan fingerprint density at radius 3 is 2.76 bits per heavy atom. The number of amides is 1. The number of H-pyrrole nitrogens is 1. The molecule has 0 saturated heterocycles. The van der Waals surface area contributed by atoms with Crippen molar-refractivity contribution < 1.29 is 9.18 Å². The van der Waals surface area contributed by atoms with E-state index in [9.17, 15) is 14.0 Å². The second-order valence-electron chi connectivity index (χ2n) is 5.89. The molecule has 0 radical (unpaired) electrons. The van der Waals surface area contributed by atoms with E-state index in [4.69, 9.17) is 11.6 Å². The average molecular weight is 359 g/mol. The van der Waals surface area contributed by atoms with Crippen molar-refractivity contribution in [1.29, 1.82) is 0 Å². The number of anilines is 1. The fraction of sp³-hybridized carbons (Fsp3) is 0.158. The van der Waals surface area contributed by atoms with Gasteiger partial charge in [0.2, 0.25) is 5.91 Å². The number of rotatable bonds is 4. The fourth-order valence-corrected chi connectivity index (χ4v) is 2.78. The van der Waals surface area contributed by atoms with Gasteiger partial charge >= 0.3 is 0 Å². The molecule has 0 saturated carbocycles. The van der Waals surface area contributed by atoms with Crippen LogP contribution in [0.2, 0.25) is 5.02 Å². The third kappa shape index (κ3) is 4.06. The van der Waals surface area contributed by atoms with Gasteiger partial charge in [-0.2, -0.15) is 0 Å². The maximum Gasteiger partial charge on any atom is 0.251 e. The van der Waals surface area contributed by atoms with Crippen molar-refractivity contribution in [2.24, 2.45) is 0 Å². The van der Waals surface area contributed by atoms with E-state index >= 15 is 0 Å². The summed E-state index contributed by atoms with van der Waals surface area (Å²) in [5.74, 6) is -0.816. The molecule has 0 unspecified atom stereocenters. The van der Waals surface area contributed by atoms with Gasteiger partial charge in [-0.3, -0.25) is 9.59 Å². The highest BCUT2D eigenvalue weighted by molar-refractivity contribution is 6.31. The number of nitrogens with one attached hydrogen (secondary N) is 2. The van der Waals surface area contributed by atoms with Gasteiger partial charge in [0.1, 0.15) is 5.82 Å². The lowest BCUT2D eigenvalue weighted by Crippen LogP contribution is -2.17. The number of aromatic nitrogens is 1. The summed E-state index contributed by atoms with van der Waals surface area (Å²) in [5, 5.41) is 3.52. The van der Waals surface area contributed by atoms with Gasteiger partial charge in [0.05, 0.1) is 5.02 Å². The fourth-order valence-electron chi connectivity index (χ4n) is 2.60. The van der Waals surface area contributed by atoms with Gasteiger partial charge in [-0.05, 0) is 55.1 Å². The number of benzene rings is 2. The molecule has 0 spiro atoms. The third-order valence-corrected chi connectivity index (χ3v) is 4.19. The Morgan fingerprint density at radius 2 is 2.00 bits per heavy atom. The lowest BCUT2D eigenvalue weighted by Gasteiger charge is -2.07. The Morgan fingerprint density at radius 1 is 1.20 bits per heavy atom. The molecule has 0 fully saturated rings. The number of fused-ring (bicyclic) bond motifs is 1. The Bertz CT molecular complexity index is 1010. The van der Waals surface area contributed by atoms with Crippen molar-refractivity contribution in [3.05, 3.63) is 74.8 Å². The summed E-state index contributed by atoms with van der Waals surface area (Å²) in [6.07, 6.45) is 0.440. The van der Waals surface area contributed by atoms with Gasteiger partial charge in [0, 0.05) is 23.2 Å². The van der Waals surface area contributed by atoms with Crippen molar-refractivity contribution in [3.8, 4) is 0 Å². The summed E-state index contributed by atoms with van der Waals surface area (Å²) in [6.45, 7) is 1.98. The zero-order valence-corrected chi connectivity index (χ0v) is 14.3. The molecule has 4 nitrogen and oxygen atoms in total. The van der Waals surface area contributed by atoms with E-state index in [1.165, 1.54) is 18.2 Å². The molecule has 1 aromatic heterocycles. The highest BCUT2D eigenvalue weighted by Crippen LogP contribution is 2.19. The topological polar surface area (TPSA) is 62.0 Å². The molecule has 25 heavy (non-hydrogen) atoms. The van der Waals surface area contributed by atoms with Crippen LogP contribution in [-0.4, -0.2) is 10.9 Å². The second kappa shape index (κ2) is 7.07. The van der Waals surface area contributed by atoms with Crippen LogP contribution in [0.1, 0.15) is 17.5 Å². The first-order valence-electron chi connectivity index (χ1n) is 7.80. The summed E-state index contributed by atoms with van der Waals surface area (Å²) in [5.41, 5.74) is 2.63. The van der Waals surface area contributed by atoms with Crippen molar-refractivity contribution >= 4 is 34.1 Å². The first kappa shape index (κ1) is 17.2. The van der Waals surface area contributed by atoms with Gasteiger partial charge in [-0.25, -0.2) is 4.39 Å². The predicted octanol–water partition coefficient (Wildman–Crippen LogP) is 4.20. The van der Waals surface area contributed by atoms with Crippen LogP contribution >= 0.6 is 11.6 Å². The van der Waals surface area contributed by atoms with E-state index in [1.54, 1.807) is 0 Å². The largest absolute Gasteiger partial charge is 0.326 e. The minimum atomic E-state index is -0.544. The zero-order valence-electron chi connectivity index (χ0n) is 13.5. The molecule has 0 aliphatic carbocycles. The van der Waals surface area contributed by atoms with Crippen LogP contribution < -0.4 is 10.9 Å². The van der Waals surface area contributed by atoms with Crippen molar-refractivity contribution in [3.63, 3.8) is 0 Å². The molecule has 2 N–H and O–H groups in total. The van der Waals surface area contributed by atoms with Gasteiger partial charge in [-0.1, -0.05) is 23.2 Å². The Hall–Kier alpha value is -2.66. The number of carbonyl (C=O) groups is 1. The van der Waals surface area contributed by atoms with Gasteiger partial charge in [-0.15, -0.1) is 0 Å². The number of hydrogen-bond acceptors (Lipinski definition) is 2. The third-order valence-electron chi connectivity index (χ3n) is 3.90. The lowest BCUT2D eigenvalue weighted by molar-refractivity contribution is -0.116. The smallest absolute Gasteiger partial charge is 0.251 e. The molecule has 2 aromatic carbocycles. The molecule has 1 heterocycles. The Balaban J connectivity index is 1.71. The van der Waals surface area contributed by atoms with E-state index in [0.29, 0.717) is 17.7 Å². The number of halogens is 2. The number of aryl methyl sites for hydroxylation is 2. The van der Waals surface area contributed by atoms with Crippen LogP contribution in [0.3, 0.4) is 0 Å². The number of aromatic amines is 1. The molecule has 0 aliphatic heterocycles. The summed E-state index contributed by atoms with van der Waals surface area (Å²) in [6, 6.07) is 11.6. The van der Waals surface area contributed by atoms with Gasteiger partial charge in [0.25, 0.3) is 5.56 Å². The standard InChI is InChI=1S/C19H16ClFN2O2/c1-11-2-6-17-13(8-11)9-12(19(25)23-17)3-7-18(24)22-14-4-5-16(21)15(20)10-14/h2,4-6,8-10H,3,7H2,1H3,(H,22,24)(H,23,25). The molecular weight excluding hydrogens is 343 g/mol. The highest BCUT2D eigenvalue weighted by Gasteiger charge is 2.09. The predicted molar refractivity (Wildman–Crippen MR) is 97.7 cm³/mol. The molecule has 0 aliphatic rings. The van der Waals surface area contributed by atoms with Crippen LogP contribution in [-0.2, 0) is 11.2 Å². The van der Waals surface area contributed by atoms with Crippen molar-refractivity contribution in [2.45, 2.75) is 19.8 Å².